The number of aromatic nitrogens is 4. The van der Waals surface area contributed by atoms with Crippen molar-refractivity contribution in [2.45, 2.75) is 13.5 Å². The van der Waals surface area contributed by atoms with Crippen molar-refractivity contribution in [2.24, 2.45) is 5.10 Å². The molecule has 0 aliphatic carbocycles. The van der Waals surface area contributed by atoms with Gasteiger partial charge in [-0.3, -0.25) is 25.7 Å². The van der Waals surface area contributed by atoms with Crippen LogP contribution in [-0.4, -0.2) is 36.3 Å². The summed E-state index contributed by atoms with van der Waals surface area (Å²) in [6, 6.07) is 3.18. The van der Waals surface area contributed by atoms with E-state index >= 15 is 0 Å². The van der Waals surface area contributed by atoms with Gasteiger partial charge in [0.25, 0.3) is 5.69 Å². The molecule has 0 unspecified atom stereocenters. The number of nitro benzene ring substituents is 2. The van der Waals surface area contributed by atoms with Gasteiger partial charge in [0.1, 0.15) is 5.69 Å². The molecule has 0 radical (unpaired) electrons. The second-order valence-corrected chi connectivity index (χ2v) is 3.92. The van der Waals surface area contributed by atoms with Crippen LogP contribution < -0.4 is 5.43 Å². The third-order valence-electron chi connectivity index (χ3n) is 2.51. The summed E-state index contributed by atoms with van der Waals surface area (Å²) in [5, 5.41) is 36.6. The molecule has 0 bridgehead atoms. The van der Waals surface area contributed by atoms with Crippen LogP contribution in [0.25, 0.3) is 0 Å². The second kappa shape index (κ2) is 6.34. The third kappa shape index (κ3) is 3.36. The summed E-state index contributed by atoms with van der Waals surface area (Å²) < 4.78 is 0. The number of benzene rings is 1. The molecule has 12 nitrogen and oxygen atoms in total. The maximum Gasteiger partial charge on any atom is 0.301 e. The average Bonchev–Trinajstić information content (AvgIpc) is 2.95. The molecular formula is C10H10N8O4. The number of rotatable bonds is 6. The fourth-order valence-corrected chi connectivity index (χ4v) is 1.48. The summed E-state index contributed by atoms with van der Waals surface area (Å²) in [4.78, 5) is 21.4. The lowest BCUT2D eigenvalue weighted by atomic mass is 10.2. The minimum atomic E-state index is -0.740. The number of hydrogen-bond acceptors (Lipinski definition) is 9. The van der Waals surface area contributed by atoms with E-state index in [1.807, 2.05) is 6.92 Å². The predicted octanol–water partition coefficient (Wildman–Crippen LogP) is 0.955. The topological polar surface area (TPSA) is 154 Å². The molecule has 0 fully saturated rings. The van der Waals surface area contributed by atoms with Gasteiger partial charge in [0.2, 0.25) is 5.82 Å². The summed E-state index contributed by atoms with van der Waals surface area (Å²) in [6.07, 6.45) is 1.23. The van der Waals surface area contributed by atoms with Gasteiger partial charge in [-0.2, -0.15) is 9.90 Å². The van der Waals surface area contributed by atoms with Crippen LogP contribution >= 0.6 is 0 Å². The first-order valence-corrected chi connectivity index (χ1v) is 6.01. The number of hydrogen-bond donors (Lipinski definition) is 1. The molecule has 1 aromatic heterocycles. The summed E-state index contributed by atoms with van der Waals surface area (Å²) in [6.45, 7) is 2.38. The van der Waals surface area contributed by atoms with E-state index in [9.17, 15) is 20.2 Å². The standard InChI is InChI=1S/C10H10N8O4/c1-2-16-14-10(13-15-16)6-11-12-8-4-3-7(17(19)20)5-9(8)18(21)22/h3-6,12H,2H2,1H3. The van der Waals surface area contributed by atoms with Crippen molar-refractivity contribution in [3.63, 3.8) is 0 Å². The number of non-ortho nitro benzene ring substituents is 1. The van der Waals surface area contributed by atoms with Gasteiger partial charge >= 0.3 is 5.69 Å². The predicted molar refractivity (Wildman–Crippen MR) is 74.5 cm³/mol. The Balaban J connectivity index is 2.18. The van der Waals surface area contributed by atoms with Crippen molar-refractivity contribution in [3.05, 3.63) is 44.3 Å². The van der Waals surface area contributed by atoms with Crippen LogP contribution in [0.5, 0.6) is 0 Å². The van der Waals surface area contributed by atoms with Crippen LogP contribution in [0.3, 0.4) is 0 Å². The monoisotopic (exact) mass is 306 g/mol. The quantitative estimate of drug-likeness (QED) is 0.470. The summed E-state index contributed by atoms with van der Waals surface area (Å²) in [5.41, 5.74) is 1.59. The maximum atomic E-state index is 10.9. The highest BCUT2D eigenvalue weighted by atomic mass is 16.6. The average molecular weight is 306 g/mol. The Morgan fingerprint density at radius 1 is 1.36 bits per heavy atom. The van der Waals surface area contributed by atoms with Crippen LogP contribution in [0.4, 0.5) is 17.1 Å². The summed E-state index contributed by atoms with van der Waals surface area (Å²) in [7, 11) is 0. The number of nitrogens with one attached hydrogen (secondary N) is 1. The molecule has 2 rings (SSSR count). The van der Waals surface area contributed by atoms with E-state index in [1.165, 1.54) is 17.1 Å². The first kappa shape index (κ1) is 15.0. The van der Waals surface area contributed by atoms with Crippen molar-refractivity contribution >= 4 is 23.3 Å². The largest absolute Gasteiger partial charge is 0.301 e. The fraction of sp³-hybridized carbons (Fsp3) is 0.200. The van der Waals surface area contributed by atoms with E-state index in [0.717, 1.165) is 12.1 Å². The van der Waals surface area contributed by atoms with E-state index in [1.54, 1.807) is 0 Å². The Morgan fingerprint density at radius 2 is 2.14 bits per heavy atom. The highest BCUT2D eigenvalue weighted by molar-refractivity contribution is 5.75. The smallest absolute Gasteiger partial charge is 0.272 e. The van der Waals surface area contributed by atoms with Gasteiger partial charge in [-0.15, -0.1) is 10.2 Å². The van der Waals surface area contributed by atoms with Gasteiger partial charge in [0, 0.05) is 6.07 Å². The molecule has 0 saturated carbocycles. The number of nitro groups is 2. The Labute approximate surface area is 122 Å². The first-order valence-electron chi connectivity index (χ1n) is 6.01. The van der Waals surface area contributed by atoms with Crippen LogP contribution in [0.2, 0.25) is 0 Å². The lowest BCUT2D eigenvalue weighted by molar-refractivity contribution is -0.393. The van der Waals surface area contributed by atoms with Crippen LogP contribution in [0.15, 0.2) is 23.3 Å². The van der Waals surface area contributed by atoms with E-state index in [2.05, 4.69) is 25.9 Å². The van der Waals surface area contributed by atoms with Crippen molar-refractivity contribution in [2.75, 3.05) is 5.43 Å². The molecule has 2 aromatic rings. The molecule has 0 atom stereocenters. The van der Waals surface area contributed by atoms with Crippen molar-refractivity contribution in [1.29, 1.82) is 0 Å². The summed E-state index contributed by atoms with van der Waals surface area (Å²) in [5.74, 6) is 0.221. The van der Waals surface area contributed by atoms with E-state index in [0.29, 0.717) is 6.54 Å². The molecule has 1 heterocycles. The SMILES string of the molecule is CCn1nnc(C=NNc2ccc([N+](=O)[O-])cc2[N+](=O)[O-])n1. The van der Waals surface area contributed by atoms with Crippen LogP contribution in [-0.2, 0) is 6.54 Å². The van der Waals surface area contributed by atoms with E-state index < -0.39 is 15.5 Å². The first-order chi connectivity index (χ1) is 10.5. The second-order valence-electron chi connectivity index (χ2n) is 3.92. The Bertz CT molecular complexity index is 740. The number of hydrazone groups is 1. The lowest BCUT2D eigenvalue weighted by Gasteiger charge is -2.01. The zero-order valence-electron chi connectivity index (χ0n) is 11.3. The minimum Gasteiger partial charge on any atom is -0.272 e. The van der Waals surface area contributed by atoms with Gasteiger partial charge in [0.05, 0.1) is 28.7 Å². The molecule has 114 valence electrons. The molecule has 1 aromatic carbocycles. The molecule has 0 aliphatic rings. The Kier molecular flexibility index (Phi) is 4.31. The van der Waals surface area contributed by atoms with Gasteiger partial charge in [-0.05, 0) is 18.2 Å². The fourth-order valence-electron chi connectivity index (χ4n) is 1.48. The normalized spacial score (nSPS) is 10.8. The van der Waals surface area contributed by atoms with Crippen molar-refractivity contribution in [1.82, 2.24) is 20.2 Å². The van der Waals surface area contributed by atoms with Gasteiger partial charge in [-0.25, -0.2) is 0 Å². The molecule has 0 spiro atoms. The molecular weight excluding hydrogens is 296 g/mol. The molecule has 12 heteroatoms. The van der Waals surface area contributed by atoms with Crippen molar-refractivity contribution < 1.29 is 9.85 Å². The molecule has 0 aliphatic heterocycles. The number of tetrazole rings is 1. The number of anilines is 1. The Morgan fingerprint density at radius 3 is 2.73 bits per heavy atom. The zero-order valence-corrected chi connectivity index (χ0v) is 11.3. The molecule has 0 amide bonds. The van der Waals surface area contributed by atoms with Crippen molar-refractivity contribution in [3.8, 4) is 0 Å². The molecule has 1 N–H and O–H groups in total. The van der Waals surface area contributed by atoms with E-state index in [-0.39, 0.29) is 17.2 Å². The lowest BCUT2D eigenvalue weighted by Crippen LogP contribution is -2.00. The van der Waals surface area contributed by atoms with Gasteiger partial charge in [-0.1, -0.05) is 0 Å². The van der Waals surface area contributed by atoms with Gasteiger partial charge in [0.15, 0.2) is 0 Å². The van der Waals surface area contributed by atoms with Gasteiger partial charge < -0.3 is 0 Å². The zero-order chi connectivity index (χ0) is 16.1. The van der Waals surface area contributed by atoms with Crippen LogP contribution in [0.1, 0.15) is 12.7 Å². The summed E-state index contributed by atoms with van der Waals surface area (Å²) >= 11 is 0. The highest BCUT2D eigenvalue weighted by Crippen LogP contribution is 2.28. The number of aryl methyl sites for hydroxylation is 1. The van der Waals surface area contributed by atoms with Crippen LogP contribution in [0, 0.1) is 20.2 Å². The Hall–Kier alpha value is -3.44. The minimum absolute atomic E-state index is 0.00901. The van der Waals surface area contributed by atoms with E-state index in [4.69, 9.17) is 0 Å². The molecule has 0 saturated heterocycles. The number of nitrogens with zero attached hydrogens (tertiary/aromatic N) is 7. The highest BCUT2D eigenvalue weighted by Gasteiger charge is 2.19. The molecule has 22 heavy (non-hydrogen) atoms. The maximum absolute atomic E-state index is 10.9. The third-order valence-corrected chi connectivity index (χ3v) is 2.51.